The molecule has 26 heavy (non-hydrogen) atoms. The number of esters is 3. The van der Waals surface area contributed by atoms with E-state index in [1.807, 2.05) is 13.8 Å². The van der Waals surface area contributed by atoms with Crippen LogP contribution in [0.4, 0.5) is 0 Å². The van der Waals surface area contributed by atoms with Crippen molar-refractivity contribution in [2.75, 3.05) is 20.8 Å². The summed E-state index contributed by atoms with van der Waals surface area (Å²) in [6.07, 6.45) is 0.386. The molecule has 0 saturated carbocycles. The fraction of sp³-hybridized carbons (Fsp3) is 0.444. The average molecular weight is 365 g/mol. The Morgan fingerprint density at radius 2 is 1.54 bits per heavy atom. The van der Waals surface area contributed by atoms with Crippen LogP contribution in [0.3, 0.4) is 0 Å². The molecule has 0 radical (unpaired) electrons. The Balaban J connectivity index is 2.71. The van der Waals surface area contributed by atoms with Gasteiger partial charge in [-0.05, 0) is 24.5 Å². The normalized spacial score (nSPS) is 11.4. The van der Waals surface area contributed by atoms with Crippen molar-refractivity contribution in [3.05, 3.63) is 35.4 Å². The lowest BCUT2D eigenvalue weighted by Gasteiger charge is -2.18. The first-order valence-corrected chi connectivity index (χ1v) is 8.01. The first-order chi connectivity index (χ1) is 12.3. The minimum Gasteiger partial charge on any atom is -0.467 e. The summed E-state index contributed by atoms with van der Waals surface area (Å²) in [5.74, 6) is -2.61. The van der Waals surface area contributed by atoms with E-state index in [1.165, 1.54) is 26.4 Å². The number of carbonyl (C=O) groups excluding carboxylic acids is 4. The molecule has 0 bridgehead atoms. The van der Waals surface area contributed by atoms with E-state index in [2.05, 4.69) is 14.8 Å². The van der Waals surface area contributed by atoms with Gasteiger partial charge in [0.2, 0.25) is 0 Å². The maximum absolute atomic E-state index is 12.1. The molecule has 1 atom stereocenters. The molecule has 142 valence electrons. The summed E-state index contributed by atoms with van der Waals surface area (Å²) in [6.45, 7) is 3.19. The quantitative estimate of drug-likeness (QED) is 0.547. The zero-order valence-electron chi connectivity index (χ0n) is 15.2. The van der Waals surface area contributed by atoms with Gasteiger partial charge in [0.15, 0.2) is 6.61 Å². The van der Waals surface area contributed by atoms with Crippen LogP contribution in [0, 0.1) is 5.92 Å². The summed E-state index contributed by atoms with van der Waals surface area (Å²) in [5, 5.41) is 2.47. The van der Waals surface area contributed by atoms with E-state index >= 15 is 0 Å². The van der Waals surface area contributed by atoms with Gasteiger partial charge < -0.3 is 19.5 Å². The van der Waals surface area contributed by atoms with Crippen molar-refractivity contribution in [1.29, 1.82) is 0 Å². The minimum absolute atomic E-state index is 0.0150. The molecule has 8 heteroatoms. The molecule has 0 aromatic heterocycles. The molecule has 0 aliphatic carbocycles. The summed E-state index contributed by atoms with van der Waals surface area (Å²) >= 11 is 0. The second kappa shape index (κ2) is 10.2. The molecule has 0 saturated heterocycles. The fourth-order valence-corrected chi connectivity index (χ4v) is 2.22. The molecule has 1 amide bonds. The first kappa shape index (κ1) is 21.1. The minimum atomic E-state index is -0.848. The molecule has 1 N–H and O–H groups in total. The topological polar surface area (TPSA) is 108 Å². The standard InChI is InChI=1S/C18H23NO7/c1-11(2)9-14(18(23)25-4)19-15(20)10-26-17(22)13-8-6-5-7-12(13)16(21)24-3/h5-8,11,14H,9-10H2,1-4H3,(H,19,20). The van der Waals surface area contributed by atoms with E-state index in [0.717, 1.165) is 0 Å². The molecule has 1 aromatic rings. The van der Waals surface area contributed by atoms with Gasteiger partial charge in [-0.3, -0.25) is 4.79 Å². The smallest absolute Gasteiger partial charge is 0.339 e. The number of hydrogen-bond acceptors (Lipinski definition) is 7. The van der Waals surface area contributed by atoms with E-state index in [1.54, 1.807) is 12.1 Å². The lowest BCUT2D eigenvalue weighted by atomic mass is 10.0. The molecule has 0 fully saturated rings. The van der Waals surface area contributed by atoms with Crippen LogP contribution in [0.15, 0.2) is 24.3 Å². The van der Waals surface area contributed by atoms with Gasteiger partial charge in [-0.1, -0.05) is 26.0 Å². The predicted molar refractivity (Wildman–Crippen MR) is 91.5 cm³/mol. The van der Waals surface area contributed by atoms with Gasteiger partial charge in [-0.2, -0.15) is 0 Å². The maximum Gasteiger partial charge on any atom is 0.339 e. The van der Waals surface area contributed by atoms with E-state index in [9.17, 15) is 19.2 Å². The van der Waals surface area contributed by atoms with Crippen molar-refractivity contribution in [1.82, 2.24) is 5.32 Å². The fourth-order valence-electron chi connectivity index (χ4n) is 2.22. The van der Waals surface area contributed by atoms with Gasteiger partial charge in [0, 0.05) is 0 Å². The van der Waals surface area contributed by atoms with E-state index in [0.29, 0.717) is 6.42 Å². The van der Waals surface area contributed by atoms with Crippen molar-refractivity contribution >= 4 is 23.8 Å². The van der Waals surface area contributed by atoms with Crippen LogP contribution in [0.1, 0.15) is 41.0 Å². The zero-order valence-corrected chi connectivity index (χ0v) is 15.2. The highest BCUT2D eigenvalue weighted by Crippen LogP contribution is 2.12. The highest BCUT2D eigenvalue weighted by atomic mass is 16.5. The van der Waals surface area contributed by atoms with Crippen molar-refractivity contribution in [3.63, 3.8) is 0 Å². The number of benzene rings is 1. The maximum atomic E-state index is 12.1. The molecule has 1 unspecified atom stereocenters. The Morgan fingerprint density at radius 3 is 2.04 bits per heavy atom. The molecule has 0 aliphatic rings. The van der Waals surface area contributed by atoms with E-state index < -0.39 is 36.5 Å². The highest BCUT2D eigenvalue weighted by molar-refractivity contribution is 6.03. The third-order valence-corrected chi connectivity index (χ3v) is 3.41. The largest absolute Gasteiger partial charge is 0.467 e. The second-order valence-corrected chi connectivity index (χ2v) is 5.89. The predicted octanol–water partition coefficient (Wildman–Crippen LogP) is 1.33. The Kier molecular flexibility index (Phi) is 8.27. The number of ether oxygens (including phenoxy) is 3. The summed E-state index contributed by atoms with van der Waals surface area (Å²) < 4.78 is 14.2. The molecule has 0 spiro atoms. The van der Waals surface area contributed by atoms with Crippen LogP contribution in [0.25, 0.3) is 0 Å². The van der Waals surface area contributed by atoms with Crippen molar-refractivity contribution in [2.45, 2.75) is 26.3 Å². The third-order valence-electron chi connectivity index (χ3n) is 3.41. The molecule has 1 rings (SSSR count). The number of amides is 1. The van der Waals surface area contributed by atoms with Gasteiger partial charge >= 0.3 is 17.9 Å². The Morgan fingerprint density at radius 1 is 0.962 bits per heavy atom. The Bertz CT molecular complexity index is 669. The van der Waals surface area contributed by atoms with E-state index in [-0.39, 0.29) is 17.0 Å². The van der Waals surface area contributed by atoms with Crippen molar-refractivity contribution < 1.29 is 33.4 Å². The van der Waals surface area contributed by atoms with Gasteiger partial charge in [-0.15, -0.1) is 0 Å². The molecule has 1 aromatic carbocycles. The second-order valence-electron chi connectivity index (χ2n) is 5.89. The SMILES string of the molecule is COC(=O)c1ccccc1C(=O)OCC(=O)NC(CC(C)C)C(=O)OC. The number of hydrogen-bond donors (Lipinski definition) is 1. The van der Waals surface area contributed by atoms with E-state index in [4.69, 9.17) is 4.74 Å². The highest BCUT2D eigenvalue weighted by Gasteiger charge is 2.24. The van der Waals surface area contributed by atoms with Gasteiger partial charge in [0.1, 0.15) is 6.04 Å². The number of carbonyl (C=O) groups is 4. The van der Waals surface area contributed by atoms with Crippen LogP contribution in [0.5, 0.6) is 0 Å². The van der Waals surface area contributed by atoms with Gasteiger partial charge in [0.25, 0.3) is 5.91 Å². The average Bonchev–Trinajstić information content (AvgIpc) is 2.63. The molecular weight excluding hydrogens is 342 g/mol. The lowest BCUT2D eigenvalue weighted by molar-refractivity contribution is -0.145. The van der Waals surface area contributed by atoms with Crippen LogP contribution in [-0.2, 0) is 23.8 Å². The summed E-state index contributed by atoms with van der Waals surface area (Å²) in [6, 6.07) is 5.11. The Labute approximate surface area is 151 Å². The zero-order chi connectivity index (χ0) is 19.7. The summed E-state index contributed by atoms with van der Waals surface area (Å²) in [7, 11) is 2.42. The summed E-state index contributed by atoms with van der Waals surface area (Å²) in [5.41, 5.74) is 0.0199. The van der Waals surface area contributed by atoms with Crippen molar-refractivity contribution in [3.8, 4) is 0 Å². The van der Waals surface area contributed by atoms with Gasteiger partial charge in [0.05, 0.1) is 25.3 Å². The summed E-state index contributed by atoms with van der Waals surface area (Å²) in [4.78, 5) is 47.5. The number of nitrogens with one attached hydrogen (secondary N) is 1. The monoisotopic (exact) mass is 365 g/mol. The third kappa shape index (κ3) is 6.19. The van der Waals surface area contributed by atoms with Crippen LogP contribution in [-0.4, -0.2) is 50.7 Å². The van der Waals surface area contributed by atoms with Gasteiger partial charge in [-0.25, -0.2) is 14.4 Å². The van der Waals surface area contributed by atoms with Crippen LogP contribution < -0.4 is 5.32 Å². The van der Waals surface area contributed by atoms with Crippen molar-refractivity contribution in [2.24, 2.45) is 5.92 Å². The molecular formula is C18H23NO7. The Hall–Kier alpha value is -2.90. The lowest BCUT2D eigenvalue weighted by Crippen LogP contribution is -2.44. The van der Waals surface area contributed by atoms with Crippen LogP contribution in [0.2, 0.25) is 0 Å². The number of rotatable bonds is 8. The van der Waals surface area contributed by atoms with Crippen LogP contribution >= 0.6 is 0 Å². The number of methoxy groups -OCH3 is 2. The molecule has 0 heterocycles. The first-order valence-electron chi connectivity index (χ1n) is 8.01. The molecule has 0 aliphatic heterocycles. The molecule has 8 nitrogen and oxygen atoms in total.